The van der Waals surface area contributed by atoms with Crippen molar-refractivity contribution in [2.45, 2.75) is 12.5 Å². The second kappa shape index (κ2) is 7.00. The highest BCUT2D eigenvalue weighted by molar-refractivity contribution is 5.90. The number of aromatic nitrogens is 1. The first kappa shape index (κ1) is 15.9. The molecule has 0 aliphatic heterocycles. The molecule has 0 bridgehead atoms. The first-order valence-corrected chi connectivity index (χ1v) is 6.82. The summed E-state index contributed by atoms with van der Waals surface area (Å²) in [6, 6.07) is 9.07. The molecule has 1 amide bonds. The summed E-state index contributed by atoms with van der Waals surface area (Å²) in [5.74, 6) is -0.429. The van der Waals surface area contributed by atoms with Gasteiger partial charge in [0.1, 0.15) is 11.6 Å². The standard InChI is InChI=1S/C16H18FN3O2/c1-20(2)13-6-7-15(18-10-13)19-16(22)9-14(21)11-4-3-5-12(17)8-11/h3-8,10,14,21H,9H2,1-2H3,(H,18,19,22). The number of hydrogen-bond donors (Lipinski definition) is 2. The molecule has 2 rings (SSSR count). The third-order valence-electron chi connectivity index (χ3n) is 3.14. The Morgan fingerprint density at radius 1 is 1.36 bits per heavy atom. The summed E-state index contributed by atoms with van der Waals surface area (Å²) >= 11 is 0. The zero-order valence-electron chi connectivity index (χ0n) is 12.5. The van der Waals surface area contributed by atoms with Crippen molar-refractivity contribution in [3.63, 3.8) is 0 Å². The van der Waals surface area contributed by atoms with Gasteiger partial charge in [-0.15, -0.1) is 0 Å². The lowest BCUT2D eigenvalue weighted by Crippen LogP contribution is -2.16. The number of aliphatic hydroxyl groups is 1. The molecule has 2 aromatic rings. The lowest BCUT2D eigenvalue weighted by molar-refractivity contribution is -0.118. The molecule has 22 heavy (non-hydrogen) atoms. The number of halogens is 1. The van der Waals surface area contributed by atoms with Gasteiger partial charge in [0.15, 0.2) is 0 Å². The molecule has 0 radical (unpaired) electrons. The molecular weight excluding hydrogens is 285 g/mol. The fourth-order valence-electron chi connectivity index (χ4n) is 1.93. The van der Waals surface area contributed by atoms with Crippen molar-refractivity contribution in [3.05, 3.63) is 54.0 Å². The third kappa shape index (κ3) is 4.26. The van der Waals surface area contributed by atoms with Crippen LogP contribution in [0.5, 0.6) is 0 Å². The Hall–Kier alpha value is -2.47. The largest absolute Gasteiger partial charge is 0.388 e. The van der Waals surface area contributed by atoms with Gasteiger partial charge in [-0.1, -0.05) is 12.1 Å². The monoisotopic (exact) mass is 303 g/mol. The van der Waals surface area contributed by atoms with Gasteiger partial charge in [-0.25, -0.2) is 9.37 Å². The van der Waals surface area contributed by atoms with Crippen LogP contribution in [0.1, 0.15) is 18.1 Å². The van der Waals surface area contributed by atoms with E-state index in [-0.39, 0.29) is 12.3 Å². The van der Waals surface area contributed by atoms with Crippen LogP contribution < -0.4 is 10.2 Å². The summed E-state index contributed by atoms with van der Waals surface area (Å²) in [5, 5.41) is 12.6. The van der Waals surface area contributed by atoms with Crippen LogP contribution in [0.3, 0.4) is 0 Å². The molecule has 5 nitrogen and oxygen atoms in total. The van der Waals surface area contributed by atoms with E-state index in [1.54, 1.807) is 18.3 Å². The second-order valence-corrected chi connectivity index (χ2v) is 5.12. The number of carbonyl (C=O) groups is 1. The Bertz CT molecular complexity index is 644. The number of hydrogen-bond acceptors (Lipinski definition) is 4. The Labute approximate surface area is 128 Å². The van der Waals surface area contributed by atoms with Crippen LogP contribution in [0.4, 0.5) is 15.9 Å². The number of rotatable bonds is 5. The average molecular weight is 303 g/mol. The van der Waals surface area contributed by atoms with E-state index in [0.29, 0.717) is 11.4 Å². The normalized spacial score (nSPS) is 11.8. The van der Waals surface area contributed by atoms with Gasteiger partial charge in [-0.3, -0.25) is 4.79 Å². The molecule has 116 valence electrons. The number of amides is 1. The van der Waals surface area contributed by atoms with Crippen LogP contribution in [0, 0.1) is 5.82 Å². The maximum Gasteiger partial charge on any atom is 0.228 e. The minimum atomic E-state index is -1.06. The molecule has 1 unspecified atom stereocenters. The van der Waals surface area contributed by atoms with Gasteiger partial charge in [0.25, 0.3) is 0 Å². The fraction of sp³-hybridized carbons (Fsp3) is 0.250. The third-order valence-corrected chi connectivity index (χ3v) is 3.14. The lowest BCUT2D eigenvalue weighted by atomic mass is 10.1. The zero-order valence-corrected chi connectivity index (χ0v) is 12.5. The highest BCUT2D eigenvalue weighted by atomic mass is 19.1. The maximum absolute atomic E-state index is 13.1. The lowest BCUT2D eigenvalue weighted by Gasteiger charge is -2.13. The maximum atomic E-state index is 13.1. The number of benzene rings is 1. The van der Waals surface area contributed by atoms with Gasteiger partial charge < -0.3 is 15.3 Å². The summed E-state index contributed by atoms with van der Waals surface area (Å²) in [6.07, 6.45) is 0.413. The van der Waals surface area contributed by atoms with Gasteiger partial charge in [0.05, 0.1) is 24.4 Å². The number of nitrogens with zero attached hydrogens (tertiary/aromatic N) is 2. The summed E-state index contributed by atoms with van der Waals surface area (Å²) in [7, 11) is 3.79. The number of nitrogens with one attached hydrogen (secondary N) is 1. The molecular formula is C16H18FN3O2. The van der Waals surface area contributed by atoms with E-state index in [1.165, 1.54) is 18.2 Å². The first-order valence-electron chi connectivity index (χ1n) is 6.82. The molecule has 0 spiro atoms. The average Bonchev–Trinajstić information content (AvgIpc) is 2.47. The topological polar surface area (TPSA) is 65.5 Å². The molecule has 1 aromatic heterocycles. The summed E-state index contributed by atoms with van der Waals surface area (Å²) in [5.41, 5.74) is 1.28. The smallest absolute Gasteiger partial charge is 0.228 e. The number of carbonyl (C=O) groups excluding carboxylic acids is 1. The van der Waals surface area contributed by atoms with E-state index < -0.39 is 11.9 Å². The first-order chi connectivity index (χ1) is 10.5. The summed E-state index contributed by atoms with van der Waals surface area (Å²) in [4.78, 5) is 17.9. The fourth-order valence-corrected chi connectivity index (χ4v) is 1.93. The second-order valence-electron chi connectivity index (χ2n) is 5.12. The Morgan fingerprint density at radius 3 is 2.73 bits per heavy atom. The van der Waals surface area contributed by atoms with Crippen molar-refractivity contribution in [1.29, 1.82) is 0 Å². The van der Waals surface area contributed by atoms with Crippen LogP contribution >= 0.6 is 0 Å². The predicted molar refractivity (Wildman–Crippen MR) is 83.2 cm³/mol. The van der Waals surface area contributed by atoms with Crippen LogP contribution in [-0.2, 0) is 4.79 Å². The Morgan fingerprint density at radius 2 is 2.14 bits per heavy atom. The molecule has 0 aliphatic carbocycles. The van der Waals surface area contributed by atoms with E-state index in [4.69, 9.17) is 0 Å². The number of pyridine rings is 1. The van der Waals surface area contributed by atoms with E-state index in [1.807, 2.05) is 25.1 Å². The van der Waals surface area contributed by atoms with Crippen molar-refractivity contribution in [1.82, 2.24) is 4.98 Å². The van der Waals surface area contributed by atoms with Crippen molar-refractivity contribution in [3.8, 4) is 0 Å². The minimum Gasteiger partial charge on any atom is -0.388 e. The zero-order chi connectivity index (χ0) is 16.1. The van der Waals surface area contributed by atoms with Crippen molar-refractivity contribution >= 4 is 17.4 Å². The molecule has 0 fully saturated rings. The molecule has 2 N–H and O–H groups in total. The SMILES string of the molecule is CN(C)c1ccc(NC(=O)CC(O)c2cccc(F)c2)nc1. The molecule has 1 atom stereocenters. The van der Waals surface area contributed by atoms with E-state index >= 15 is 0 Å². The van der Waals surface area contributed by atoms with E-state index in [2.05, 4.69) is 10.3 Å². The van der Waals surface area contributed by atoms with Crippen molar-refractivity contribution in [2.24, 2.45) is 0 Å². The predicted octanol–water partition coefficient (Wildman–Crippen LogP) is 2.35. The Kier molecular flexibility index (Phi) is 5.06. The minimum absolute atomic E-state index is 0.166. The van der Waals surface area contributed by atoms with Gasteiger partial charge in [0, 0.05) is 14.1 Å². The van der Waals surface area contributed by atoms with E-state index in [0.717, 1.165) is 5.69 Å². The molecule has 0 aliphatic rings. The quantitative estimate of drug-likeness (QED) is 0.890. The number of aliphatic hydroxyl groups excluding tert-OH is 1. The van der Waals surface area contributed by atoms with Gasteiger partial charge in [-0.05, 0) is 29.8 Å². The van der Waals surface area contributed by atoms with Crippen LogP contribution in [-0.4, -0.2) is 30.1 Å². The van der Waals surface area contributed by atoms with Crippen LogP contribution in [0.2, 0.25) is 0 Å². The molecule has 0 saturated carbocycles. The molecule has 1 heterocycles. The van der Waals surface area contributed by atoms with Crippen molar-refractivity contribution in [2.75, 3.05) is 24.3 Å². The Balaban J connectivity index is 1.95. The van der Waals surface area contributed by atoms with E-state index in [9.17, 15) is 14.3 Å². The summed E-state index contributed by atoms with van der Waals surface area (Å²) < 4.78 is 13.1. The van der Waals surface area contributed by atoms with Crippen molar-refractivity contribution < 1.29 is 14.3 Å². The molecule has 0 saturated heterocycles. The molecule has 1 aromatic carbocycles. The summed E-state index contributed by atoms with van der Waals surface area (Å²) in [6.45, 7) is 0. The number of anilines is 2. The van der Waals surface area contributed by atoms with Gasteiger partial charge >= 0.3 is 0 Å². The van der Waals surface area contributed by atoms with Crippen LogP contribution in [0.25, 0.3) is 0 Å². The van der Waals surface area contributed by atoms with Gasteiger partial charge in [-0.2, -0.15) is 0 Å². The van der Waals surface area contributed by atoms with Crippen LogP contribution in [0.15, 0.2) is 42.6 Å². The highest BCUT2D eigenvalue weighted by Gasteiger charge is 2.14. The molecule has 6 heteroatoms. The van der Waals surface area contributed by atoms with Gasteiger partial charge in [0.2, 0.25) is 5.91 Å². The highest BCUT2D eigenvalue weighted by Crippen LogP contribution is 2.18.